The maximum atomic E-state index is 14.2. The third kappa shape index (κ3) is 4.34. The third-order valence-electron chi connectivity index (χ3n) is 6.04. The molecule has 36 heavy (non-hydrogen) atoms. The van der Waals surface area contributed by atoms with Crippen LogP contribution in [-0.2, 0) is 16.2 Å². The van der Waals surface area contributed by atoms with Crippen LogP contribution < -0.4 is 15.0 Å². The normalized spacial score (nSPS) is 14.9. The van der Waals surface area contributed by atoms with Crippen LogP contribution in [-0.4, -0.2) is 17.8 Å². The Bertz CT molecular complexity index is 1540. The summed E-state index contributed by atoms with van der Waals surface area (Å²) in [5, 5.41) is 4.37. The first-order valence-electron chi connectivity index (χ1n) is 11.3. The van der Waals surface area contributed by atoms with E-state index in [9.17, 15) is 18.8 Å². The third-order valence-corrected chi connectivity index (χ3v) is 6.04. The number of hydrogen-bond donors (Lipinski definition) is 1. The van der Waals surface area contributed by atoms with Crippen LogP contribution >= 0.6 is 0 Å². The van der Waals surface area contributed by atoms with Crippen molar-refractivity contribution in [3.8, 4) is 5.75 Å². The molecule has 178 valence electrons. The van der Waals surface area contributed by atoms with Crippen LogP contribution in [0.15, 0.2) is 90.5 Å². The monoisotopic (exact) mass is 480 g/mol. The fourth-order valence-corrected chi connectivity index (χ4v) is 4.13. The molecular weight excluding hydrogens is 459 g/mol. The smallest absolute Gasteiger partial charge is 0.336 e. The lowest BCUT2D eigenvalue weighted by molar-refractivity contribution is -0.122. The molecule has 0 spiro atoms. The summed E-state index contributed by atoms with van der Waals surface area (Å²) in [6, 6.07) is 23.5. The predicted octanol–water partition coefficient (Wildman–Crippen LogP) is 5.53. The van der Waals surface area contributed by atoms with Crippen molar-refractivity contribution in [2.45, 2.75) is 13.5 Å². The maximum Gasteiger partial charge on any atom is 0.336 e. The summed E-state index contributed by atoms with van der Waals surface area (Å²) < 4.78 is 20.2. The van der Waals surface area contributed by atoms with Gasteiger partial charge in [-0.2, -0.15) is 0 Å². The van der Waals surface area contributed by atoms with E-state index in [1.165, 1.54) is 24.3 Å². The number of nitrogens with one attached hydrogen (secondary N) is 1. The minimum atomic E-state index is -1.00. The van der Waals surface area contributed by atoms with Gasteiger partial charge < -0.3 is 4.74 Å². The standard InChI is InChI=1S/C29H21FN2O4/c1-18-10-13-20-6-2-3-7-22(20)24(18)17-36-21-14-11-19(12-15-21)16-23-27(33)31-29(35)32(28(23)34)26-9-5-4-8-25(26)30/h2-16H,17H2,1H3,(H,31,33,35)/b23-16-. The highest BCUT2D eigenvalue weighted by atomic mass is 19.1. The van der Waals surface area contributed by atoms with Gasteiger partial charge in [-0.25, -0.2) is 14.1 Å². The Morgan fingerprint density at radius 3 is 2.39 bits per heavy atom. The molecule has 1 fully saturated rings. The van der Waals surface area contributed by atoms with Crippen molar-refractivity contribution in [3.63, 3.8) is 0 Å². The molecule has 4 aromatic rings. The predicted molar refractivity (Wildman–Crippen MR) is 135 cm³/mol. The van der Waals surface area contributed by atoms with Gasteiger partial charge in [0.15, 0.2) is 0 Å². The maximum absolute atomic E-state index is 14.2. The Kier molecular flexibility index (Phi) is 6.04. The van der Waals surface area contributed by atoms with Gasteiger partial charge in [0, 0.05) is 5.56 Å². The fraction of sp³-hybridized carbons (Fsp3) is 0.0690. The average Bonchev–Trinajstić information content (AvgIpc) is 2.88. The summed E-state index contributed by atoms with van der Waals surface area (Å²) in [5.41, 5.74) is 2.27. The Hall–Kier alpha value is -4.78. The zero-order chi connectivity index (χ0) is 25.2. The molecule has 6 nitrogen and oxygen atoms in total. The van der Waals surface area contributed by atoms with Gasteiger partial charge in [0.1, 0.15) is 23.7 Å². The Morgan fingerprint density at radius 2 is 1.61 bits per heavy atom. The number of halogens is 1. The summed E-state index contributed by atoms with van der Waals surface area (Å²) in [7, 11) is 0. The lowest BCUT2D eigenvalue weighted by atomic mass is 10.0. The molecule has 1 aliphatic heterocycles. The molecule has 4 amide bonds. The number of aryl methyl sites for hydroxylation is 1. The lowest BCUT2D eigenvalue weighted by Gasteiger charge is -2.26. The number of amides is 4. The van der Waals surface area contributed by atoms with Gasteiger partial charge in [-0.05, 0) is 59.2 Å². The number of ether oxygens (including phenoxy) is 1. The average molecular weight is 480 g/mol. The quantitative estimate of drug-likeness (QED) is 0.301. The molecule has 1 heterocycles. The van der Waals surface area contributed by atoms with Gasteiger partial charge in [0.05, 0.1) is 5.69 Å². The number of para-hydroxylation sites is 1. The highest BCUT2D eigenvalue weighted by Gasteiger charge is 2.37. The van der Waals surface area contributed by atoms with E-state index < -0.39 is 23.7 Å². The van der Waals surface area contributed by atoms with Crippen LogP contribution in [0.25, 0.3) is 16.8 Å². The second kappa shape index (κ2) is 9.46. The Morgan fingerprint density at radius 1 is 0.889 bits per heavy atom. The van der Waals surface area contributed by atoms with Crippen LogP contribution in [0.5, 0.6) is 5.75 Å². The SMILES string of the molecule is Cc1ccc2ccccc2c1COc1ccc(/C=C2/C(=O)NC(=O)N(c3ccccc3F)C2=O)cc1. The molecular formula is C29H21FN2O4. The van der Waals surface area contributed by atoms with Crippen LogP contribution in [0.4, 0.5) is 14.9 Å². The van der Waals surface area contributed by atoms with E-state index >= 15 is 0 Å². The molecule has 0 saturated carbocycles. The molecule has 0 unspecified atom stereocenters. The Balaban J connectivity index is 1.36. The molecule has 0 radical (unpaired) electrons. The molecule has 0 atom stereocenters. The fourth-order valence-electron chi connectivity index (χ4n) is 4.13. The highest BCUT2D eigenvalue weighted by molar-refractivity contribution is 6.39. The summed E-state index contributed by atoms with van der Waals surface area (Å²) in [5.74, 6) is -1.88. The zero-order valence-electron chi connectivity index (χ0n) is 19.3. The van der Waals surface area contributed by atoms with E-state index in [1.807, 2.05) is 19.1 Å². The van der Waals surface area contributed by atoms with Gasteiger partial charge in [0.2, 0.25) is 0 Å². The molecule has 1 saturated heterocycles. The van der Waals surface area contributed by atoms with Crippen LogP contribution in [0, 0.1) is 12.7 Å². The van der Waals surface area contributed by atoms with Gasteiger partial charge >= 0.3 is 6.03 Å². The first kappa shape index (κ1) is 23.0. The second-order valence-corrected chi connectivity index (χ2v) is 8.35. The number of barbiturate groups is 1. The molecule has 0 bridgehead atoms. The number of benzene rings is 4. The van der Waals surface area contributed by atoms with E-state index in [0.29, 0.717) is 22.8 Å². The van der Waals surface area contributed by atoms with E-state index in [4.69, 9.17) is 4.74 Å². The van der Waals surface area contributed by atoms with Crippen molar-refractivity contribution in [3.05, 3.63) is 113 Å². The van der Waals surface area contributed by atoms with E-state index in [1.54, 1.807) is 24.3 Å². The van der Waals surface area contributed by atoms with E-state index in [0.717, 1.165) is 28.0 Å². The lowest BCUT2D eigenvalue weighted by Crippen LogP contribution is -2.54. The molecule has 7 heteroatoms. The van der Waals surface area contributed by atoms with Gasteiger partial charge in [-0.1, -0.05) is 60.7 Å². The number of carbonyl (C=O) groups is 3. The van der Waals surface area contributed by atoms with Crippen molar-refractivity contribution >= 4 is 40.4 Å². The summed E-state index contributed by atoms with van der Waals surface area (Å²) in [4.78, 5) is 38.2. The van der Waals surface area contributed by atoms with Crippen LogP contribution in [0.1, 0.15) is 16.7 Å². The first-order valence-corrected chi connectivity index (χ1v) is 11.3. The summed E-state index contributed by atoms with van der Waals surface area (Å²) in [6.45, 7) is 2.43. The number of carbonyl (C=O) groups excluding carboxylic acids is 3. The molecule has 0 aromatic heterocycles. The minimum Gasteiger partial charge on any atom is -0.489 e. The van der Waals surface area contributed by atoms with Crippen molar-refractivity contribution in [2.24, 2.45) is 0 Å². The van der Waals surface area contributed by atoms with Gasteiger partial charge in [0.25, 0.3) is 11.8 Å². The molecule has 1 aliphatic rings. The highest BCUT2D eigenvalue weighted by Crippen LogP contribution is 2.26. The number of hydrogen-bond acceptors (Lipinski definition) is 4. The van der Waals surface area contributed by atoms with Crippen molar-refractivity contribution in [2.75, 3.05) is 4.90 Å². The first-order chi connectivity index (χ1) is 17.4. The van der Waals surface area contributed by atoms with Gasteiger partial charge in [-0.15, -0.1) is 0 Å². The minimum absolute atomic E-state index is 0.231. The molecule has 5 rings (SSSR count). The number of fused-ring (bicyclic) bond motifs is 1. The number of rotatable bonds is 5. The van der Waals surface area contributed by atoms with Crippen LogP contribution in [0.2, 0.25) is 0 Å². The number of anilines is 1. The topological polar surface area (TPSA) is 75.7 Å². The summed E-state index contributed by atoms with van der Waals surface area (Å²) >= 11 is 0. The largest absolute Gasteiger partial charge is 0.489 e. The van der Waals surface area contributed by atoms with Crippen molar-refractivity contribution in [1.29, 1.82) is 0 Å². The van der Waals surface area contributed by atoms with Crippen molar-refractivity contribution < 1.29 is 23.5 Å². The molecule has 4 aromatic carbocycles. The van der Waals surface area contributed by atoms with Crippen LogP contribution in [0.3, 0.4) is 0 Å². The van der Waals surface area contributed by atoms with E-state index in [2.05, 4.69) is 29.6 Å². The van der Waals surface area contributed by atoms with Gasteiger partial charge in [-0.3, -0.25) is 14.9 Å². The Labute approximate surface area is 206 Å². The summed E-state index contributed by atoms with van der Waals surface area (Å²) in [6.07, 6.45) is 1.36. The molecule has 1 N–H and O–H groups in total. The van der Waals surface area contributed by atoms with E-state index in [-0.39, 0.29) is 11.3 Å². The number of imide groups is 2. The number of urea groups is 1. The van der Waals surface area contributed by atoms with Crippen molar-refractivity contribution in [1.82, 2.24) is 5.32 Å². The zero-order valence-corrected chi connectivity index (χ0v) is 19.3. The molecule has 0 aliphatic carbocycles. The second-order valence-electron chi connectivity index (χ2n) is 8.35. The number of nitrogens with zero attached hydrogens (tertiary/aromatic N) is 1.